The minimum Gasteiger partial charge on any atom is -0.341 e. The molecule has 3 aliphatic rings. The molecule has 0 aromatic carbocycles. The van der Waals surface area contributed by atoms with E-state index in [2.05, 4.69) is 20.8 Å². The number of ether oxygens (including phenoxy) is 2. The first-order valence-electron chi connectivity index (χ1n) is 5.78. The van der Waals surface area contributed by atoms with E-state index in [9.17, 15) is 4.79 Å². The highest BCUT2D eigenvalue weighted by molar-refractivity contribution is 5.94. The summed E-state index contributed by atoms with van der Waals surface area (Å²) in [5, 5.41) is 0. The van der Waals surface area contributed by atoms with Gasteiger partial charge in [-0.1, -0.05) is 20.8 Å². The summed E-state index contributed by atoms with van der Waals surface area (Å²) in [6, 6.07) is 0. The Labute approximate surface area is 90.1 Å². The highest BCUT2D eigenvalue weighted by Gasteiger charge is 2.76. The summed E-state index contributed by atoms with van der Waals surface area (Å²) in [6.45, 7) is 7.64. The van der Waals surface area contributed by atoms with E-state index < -0.39 is 5.79 Å². The second-order valence-corrected chi connectivity index (χ2v) is 5.82. The highest BCUT2D eigenvalue weighted by Crippen LogP contribution is 2.69. The molecule has 2 aliphatic carbocycles. The van der Waals surface area contributed by atoms with Crippen molar-refractivity contribution in [2.24, 2.45) is 16.7 Å². The van der Waals surface area contributed by atoms with Gasteiger partial charge < -0.3 is 9.47 Å². The molecule has 2 unspecified atom stereocenters. The maximum absolute atomic E-state index is 12.4. The van der Waals surface area contributed by atoms with Gasteiger partial charge in [-0.3, -0.25) is 4.79 Å². The van der Waals surface area contributed by atoms with E-state index in [0.29, 0.717) is 13.2 Å². The fourth-order valence-electron chi connectivity index (χ4n) is 3.92. The van der Waals surface area contributed by atoms with Gasteiger partial charge in [-0.05, 0) is 18.3 Å². The molecule has 2 bridgehead atoms. The predicted molar refractivity (Wildman–Crippen MR) is 54.3 cm³/mol. The summed E-state index contributed by atoms with van der Waals surface area (Å²) >= 11 is 0. The lowest BCUT2D eigenvalue weighted by Gasteiger charge is -2.42. The van der Waals surface area contributed by atoms with Crippen LogP contribution in [0.4, 0.5) is 0 Å². The topological polar surface area (TPSA) is 35.5 Å². The highest BCUT2D eigenvalue weighted by atomic mass is 16.7. The normalized spacial score (nSPS) is 45.5. The van der Waals surface area contributed by atoms with Gasteiger partial charge in [0.05, 0.1) is 13.2 Å². The molecule has 1 saturated heterocycles. The molecular weight excluding hydrogens is 192 g/mol. The Kier molecular flexibility index (Phi) is 1.61. The summed E-state index contributed by atoms with van der Waals surface area (Å²) < 4.78 is 11.4. The average Bonchev–Trinajstić information content (AvgIpc) is 2.74. The largest absolute Gasteiger partial charge is 0.341 e. The van der Waals surface area contributed by atoms with E-state index in [4.69, 9.17) is 9.47 Å². The lowest BCUT2D eigenvalue weighted by Crippen LogP contribution is -2.52. The minimum atomic E-state index is -0.903. The quantitative estimate of drug-likeness (QED) is 0.611. The SMILES string of the molecule is CC1(C)C2CCC1(C)C1(OCCO1)C2=O. The van der Waals surface area contributed by atoms with Crippen molar-refractivity contribution < 1.29 is 14.3 Å². The van der Waals surface area contributed by atoms with E-state index in [1.54, 1.807) is 0 Å². The van der Waals surface area contributed by atoms with Crippen LogP contribution in [0.15, 0.2) is 0 Å². The zero-order valence-corrected chi connectivity index (χ0v) is 9.63. The number of rotatable bonds is 0. The van der Waals surface area contributed by atoms with Crippen molar-refractivity contribution in [3.63, 3.8) is 0 Å². The molecule has 0 radical (unpaired) electrons. The predicted octanol–water partition coefficient (Wildman–Crippen LogP) is 1.75. The molecule has 2 atom stereocenters. The first-order valence-corrected chi connectivity index (χ1v) is 5.78. The van der Waals surface area contributed by atoms with Crippen LogP contribution in [0, 0.1) is 16.7 Å². The van der Waals surface area contributed by atoms with Gasteiger partial charge in [0, 0.05) is 11.3 Å². The van der Waals surface area contributed by atoms with Crippen LogP contribution in [-0.4, -0.2) is 24.8 Å². The van der Waals surface area contributed by atoms with Crippen molar-refractivity contribution in [3.8, 4) is 0 Å². The molecule has 0 amide bonds. The third-order valence-electron chi connectivity index (χ3n) is 5.29. The van der Waals surface area contributed by atoms with Gasteiger partial charge in [0.15, 0.2) is 5.78 Å². The number of hydrogen-bond donors (Lipinski definition) is 0. The van der Waals surface area contributed by atoms with Gasteiger partial charge in [-0.15, -0.1) is 0 Å². The van der Waals surface area contributed by atoms with Gasteiger partial charge >= 0.3 is 0 Å². The monoisotopic (exact) mass is 210 g/mol. The number of ketones is 1. The summed E-state index contributed by atoms with van der Waals surface area (Å²) in [6.07, 6.45) is 2.03. The summed E-state index contributed by atoms with van der Waals surface area (Å²) in [5.74, 6) is -0.585. The third kappa shape index (κ3) is 0.773. The second-order valence-electron chi connectivity index (χ2n) is 5.82. The average molecular weight is 210 g/mol. The van der Waals surface area contributed by atoms with Crippen LogP contribution in [0.3, 0.4) is 0 Å². The maximum atomic E-state index is 12.4. The van der Waals surface area contributed by atoms with E-state index in [-0.39, 0.29) is 22.5 Å². The van der Waals surface area contributed by atoms with Gasteiger partial charge in [-0.25, -0.2) is 0 Å². The number of carbonyl (C=O) groups is 1. The zero-order chi connectivity index (χ0) is 10.9. The third-order valence-corrected chi connectivity index (χ3v) is 5.29. The van der Waals surface area contributed by atoms with Crippen LogP contribution in [-0.2, 0) is 14.3 Å². The van der Waals surface area contributed by atoms with Gasteiger partial charge in [0.2, 0.25) is 5.79 Å². The van der Waals surface area contributed by atoms with Gasteiger partial charge in [0.25, 0.3) is 0 Å². The molecule has 3 heteroatoms. The molecular formula is C12H18O3. The first kappa shape index (κ1) is 9.79. The van der Waals surface area contributed by atoms with E-state index in [1.165, 1.54) is 0 Å². The summed E-state index contributed by atoms with van der Waals surface area (Å²) in [4.78, 5) is 12.4. The summed E-state index contributed by atoms with van der Waals surface area (Å²) in [5.41, 5.74) is -0.132. The van der Waals surface area contributed by atoms with Crippen LogP contribution in [0.1, 0.15) is 33.6 Å². The molecule has 1 spiro atoms. The van der Waals surface area contributed by atoms with Crippen LogP contribution >= 0.6 is 0 Å². The van der Waals surface area contributed by atoms with Gasteiger partial charge in [0.1, 0.15) is 0 Å². The molecule has 0 N–H and O–H groups in total. The van der Waals surface area contributed by atoms with Crippen molar-refractivity contribution in [1.29, 1.82) is 0 Å². The van der Waals surface area contributed by atoms with Crippen molar-refractivity contribution >= 4 is 5.78 Å². The molecule has 0 aromatic rings. The van der Waals surface area contributed by atoms with Crippen molar-refractivity contribution in [2.75, 3.05) is 13.2 Å². The fraction of sp³-hybridized carbons (Fsp3) is 0.917. The molecule has 3 rings (SSSR count). The minimum absolute atomic E-state index is 0.00836. The Bertz CT molecular complexity index is 328. The van der Waals surface area contributed by atoms with Crippen molar-refractivity contribution in [2.45, 2.75) is 39.4 Å². The van der Waals surface area contributed by atoms with Gasteiger partial charge in [-0.2, -0.15) is 0 Å². The number of carbonyl (C=O) groups excluding carboxylic acids is 1. The Morgan fingerprint density at radius 1 is 1.20 bits per heavy atom. The lowest BCUT2D eigenvalue weighted by atomic mass is 9.68. The smallest absolute Gasteiger partial charge is 0.235 e. The Hall–Kier alpha value is -0.410. The molecule has 2 saturated carbocycles. The molecule has 84 valence electrons. The van der Waals surface area contributed by atoms with Crippen LogP contribution in [0.25, 0.3) is 0 Å². The molecule has 1 heterocycles. The Morgan fingerprint density at radius 2 is 1.80 bits per heavy atom. The molecule has 3 fully saturated rings. The summed E-state index contributed by atoms with van der Waals surface area (Å²) in [7, 11) is 0. The van der Waals surface area contributed by atoms with E-state index in [1.807, 2.05) is 0 Å². The van der Waals surface area contributed by atoms with E-state index >= 15 is 0 Å². The fourth-order valence-corrected chi connectivity index (χ4v) is 3.92. The standard InChI is InChI=1S/C12H18O3/c1-10(2)8-4-5-11(10,3)12(9(8)13)14-6-7-15-12/h8H,4-7H2,1-3H3. The van der Waals surface area contributed by atoms with Crippen molar-refractivity contribution in [3.05, 3.63) is 0 Å². The molecule has 15 heavy (non-hydrogen) atoms. The van der Waals surface area contributed by atoms with Crippen LogP contribution in [0.2, 0.25) is 0 Å². The van der Waals surface area contributed by atoms with E-state index in [0.717, 1.165) is 12.8 Å². The lowest BCUT2D eigenvalue weighted by molar-refractivity contribution is -0.226. The zero-order valence-electron chi connectivity index (χ0n) is 9.63. The number of fused-ring (bicyclic) bond motifs is 3. The first-order chi connectivity index (χ1) is 6.96. The molecule has 1 aliphatic heterocycles. The number of hydrogen-bond acceptors (Lipinski definition) is 3. The second kappa shape index (κ2) is 2.46. The Morgan fingerprint density at radius 3 is 2.27 bits per heavy atom. The van der Waals surface area contributed by atoms with Crippen molar-refractivity contribution in [1.82, 2.24) is 0 Å². The number of Topliss-reactive ketones (excluding diaryl/α,β-unsaturated/α-hetero) is 1. The van der Waals surface area contributed by atoms with Crippen LogP contribution < -0.4 is 0 Å². The molecule has 0 aromatic heterocycles. The molecule has 3 nitrogen and oxygen atoms in total. The Balaban J connectivity index is 2.16. The maximum Gasteiger partial charge on any atom is 0.235 e. The van der Waals surface area contributed by atoms with Crippen LogP contribution in [0.5, 0.6) is 0 Å².